The maximum Gasteiger partial charge on any atom is 0.136 e. The predicted molar refractivity (Wildman–Crippen MR) is 70.6 cm³/mol. The second-order valence-electron chi connectivity index (χ2n) is 3.80. The third-order valence-electron chi connectivity index (χ3n) is 2.45. The van der Waals surface area contributed by atoms with Gasteiger partial charge in [0.2, 0.25) is 0 Å². The van der Waals surface area contributed by atoms with Crippen molar-refractivity contribution < 1.29 is 0 Å². The largest absolute Gasteiger partial charge is 0.373 e. The van der Waals surface area contributed by atoms with Crippen LogP contribution >= 0.6 is 11.3 Å². The lowest BCUT2D eigenvalue weighted by molar-refractivity contribution is 0.893. The molecular formula is C12H16N4S. The van der Waals surface area contributed by atoms with Crippen LogP contribution in [0.25, 0.3) is 0 Å². The Morgan fingerprint density at radius 1 is 1.24 bits per heavy atom. The average Bonchev–Trinajstić information content (AvgIpc) is 2.74. The monoisotopic (exact) mass is 248 g/mol. The number of hydrogen-bond donors (Lipinski definition) is 1. The Hall–Kier alpha value is -1.49. The van der Waals surface area contributed by atoms with Crippen molar-refractivity contribution in [1.82, 2.24) is 15.0 Å². The molecule has 2 aromatic rings. The van der Waals surface area contributed by atoms with Crippen LogP contribution in [0.5, 0.6) is 0 Å². The van der Waals surface area contributed by atoms with Crippen LogP contribution in [0.3, 0.4) is 0 Å². The summed E-state index contributed by atoms with van der Waals surface area (Å²) in [6.45, 7) is 4.11. The summed E-state index contributed by atoms with van der Waals surface area (Å²) in [6.07, 6.45) is 1.62. The van der Waals surface area contributed by atoms with E-state index in [9.17, 15) is 0 Å². The van der Waals surface area contributed by atoms with Crippen molar-refractivity contribution in [2.24, 2.45) is 0 Å². The van der Waals surface area contributed by atoms with Crippen molar-refractivity contribution >= 4 is 17.2 Å². The summed E-state index contributed by atoms with van der Waals surface area (Å²) in [5.41, 5.74) is 2.11. The van der Waals surface area contributed by atoms with E-state index in [1.165, 1.54) is 0 Å². The molecule has 90 valence electrons. The molecule has 0 spiro atoms. The molecule has 0 aliphatic heterocycles. The lowest BCUT2D eigenvalue weighted by atomic mass is 10.2. The van der Waals surface area contributed by atoms with E-state index in [0.29, 0.717) is 6.42 Å². The first-order valence-corrected chi connectivity index (χ1v) is 6.54. The Labute approximate surface area is 105 Å². The van der Waals surface area contributed by atoms with Crippen LogP contribution in [0.15, 0.2) is 11.4 Å². The predicted octanol–water partition coefficient (Wildman–Crippen LogP) is 2.44. The summed E-state index contributed by atoms with van der Waals surface area (Å²) in [7, 11) is 1.87. The first kappa shape index (κ1) is 12.0. The minimum Gasteiger partial charge on any atom is -0.373 e. The van der Waals surface area contributed by atoms with Crippen molar-refractivity contribution in [3.8, 4) is 0 Å². The SMILES string of the molecule is CCc1cc(NC)nc(Cc2csc(C)n2)n1. The number of aryl methyl sites for hydroxylation is 2. The molecule has 0 atom stereocenters. The fourth-order valence-corrected chi connectivity index (χ4v) is 2.20. The number of rotatable bonds is 4. The maximum absolute atomic E-state index is 4.52. The van der Waals surface area contributed by atoms with Crippen molar-refractivity contribution in [1.29, 1.82) is 0 Å². The summed E-state index contributed by atoms with van der Waals surface area (Å²) in [5, 5.41) is 6.21. The molecule has 0 aliphatic carbocycles. The number of hydrogen-bond acceptors (Lipinski definition) is 5. The highest BCUT2D eigenvalue weighted by Gasteiger charge is 2.06. The second kappa shape index (κ2) is 5.23. The molecule has 0 radical (unpaired) electrons. The highest BCUT2D eigenvalue weighted by atomic mass is 32.1. The molecule has 2 aromatic heterocycles. The summed E-state index contributed by atoms with van der Waals surface area (Å²) >= 11 is 1.66. The molecule has 17 heavy (non-hydrogen) atoms. The zero-order valence-corrected chi connectivity index (χ0v) is 11.1. The molecular weight excluding hydrogens is 232 g/mol. The van der Waals surface area contributed by atoms with Gasteiger partial charge in [-0.2, -0.15) is 0 Å². The second-order valence-corrected chi connectivity index (χ2v) is 4.86. The van der Waals surface area contributed by atoms with Crippen LogP contribution in [0.4, 0.5) is 5.82 Å². The smallest absolute Gasteiger partial charge is 0.136 e. The molecule has 0 bridgehead atoms. The van der Waals surface area contributed by atoms with E-state index in [-0.39, 0.29) is 0 Å². The minimum atomic E-state index is 0.701. The van der Waals surface area contributed by atoms with Gasteiger partial charge >= 0.3 is 0 Å². The Morgan fingerprint density at radius 2 is 2.06 bits per heavy atom. The Morgan fingerprint density at radius 3 is 2.65 bits per heavy atom. The molecule has 2 heterocycles. The van der Waals surface area contributed by atoms with Crippen molar-refractivity contribution in [2.45, 2.75) is 26.7 Å². The van der Waals surface area contributed by atoms with Gasteiger partial charge in [0.25, 0.3) is 0 Å². The van der Waals surface area contributed by atoms with Crippen LogP contribution in [-0.4, -0.2) is 22.0 Å². The van der Waals surface area contributed by atoms with Crippen LogP contribution < -0.4 is 5.32 Å². The van der Waals surface area contributed by atoms with Crippen LogP contribution in [-0.2, 0) is 12.8 Å². The maximum atomic E-state index is 4.52. The first-order chi connectivity index (χ1) is 8.21. The van der Waals surface area contributed by atoms with Gasteiger partial charge in [-0.15, -0.1) is 11.3 Å². The van der Waals surface area contributed by atoms with E-state index in [4.69, 9.17) is 0 Å². The molecule has 0 amide bonds. The van der Waals surface area contributed by atoms with E-state index in [2.05, 4.69) is 32.6 Å². The van der Waals surface area contributed by atoms with Gasteiger partial charge in [0.05, 0.1) is 17.1 Å². The quantitative estimate of drug-likeness (QED) is 0.903. The Bertz CT molecular complexity index is 485. The zero-order valence-electron chi connectivity index (χ0n) is 10.3. The van der Waals surface area contributed by atoms with Gasteiger partial charge < -0.3 is 5.32 Å². The topological polar surface area (TPSA) is 50.7 Å². The third kappa shape index (κ3) is 3.00. The molecule has 0 unspecified atom stereocenters. The van der Waals surface area contributed by atoms with Crippen molar-refractivity contribution in [3.63, 3.8) is 0 Å². The summed E-state index contributed by atoms with van der Waals surface area (Å²) < 4.78 is 0. The first-order valence-electron chi connectivity index (χ1n) is 5.67. The van der Waals surface area contributed by atoms with Crippen molar-refractivity contribution in [3.05, 3.63) is 33.7 Å². The number of nitrogens with one attached hydrogen (secondary N) is 1. The van der Waals surface area contributed by atoms with E-state index in [0.717, 1.165) is 34.5 Å². The minimum absolute atomic E-state index is 0.701. The summed E-state index contributed by atoms with van der Waals surface area (Å²) in [5.74, 6) is 1.71. The zero-order chi connectivity index (χ0) is 12.3. The summed E-state index contributed by atoms with van der Waals surface area (Å²) in [4.78, 5) is 13.4. The number of nitrogens with zero attached hydrogens (tertiary/aromatic N) is 3. The molecule has 1 N–H and O–H groups in total. The third-order valence-corrected chi connectivity index (χ3v) is 3.27. The molecule has 4 nitrogen and oxygen atoms in total. The number of thiazole rings is 1. The lowest BCUT2D eigenvalue weighted by Crippen LogP contribution is -2.04. The number of aromatic nitrogens is 3. The van der Waals surface area contributed by atoms with E-state index < -0.39 is 0 Å². The van der Waals surface area contributed by atoms with Gasteiger partial charge in [0.1, 0.15) is 11.6 Å². The van der Waals surface area contributed by atoms with Gasteiger partial charge in [-0.25, -0.2) is 15.0 Å². The molecule has 0 aromatic carbocycles. The summed E-state index contributed by atoms with van der Waals surface area (Å²) in [6, 6.07) is 1.98. The van der Waals surface area contributed by atoms with Gasteiger partial charge in [-0.3, -0.25) is 0 Å². The van der Waals surface area contributed by atoms with E-state index in [1.54, 1.807) is 11.3 Å². The standard InChI is InChI=1S/C12H16N4S/c1-4-9-5-11(13-3)16-12(15-9)6-10-7-17-8(2)14-10/h5,7H,4,6H2,1-3H3,(H,13,15,16). The highest BCUT2D eigenvalue weighted by molar-refractivity contribution is 7.09. The van der Waals surface area contributed by atoms with Gasteiger partial charge in [-0.1, -0.05) is 6.92 Å². The highest BCUT2D eigenvalue weighted by Crippen LogP contribution is 2.13. The van der Waals surface area contributed by atoms with Gasteiger partial charge in [0, 0.05) is 24.2 Å². The fraction of sp³-hybridized carbons (Fsp3) is 0.417. The molecule has 2 rings (SSSR count). The van der Waals surface area contributed by atoms with E-state index in [1.807, 2.05) is 20.0 Å². The molecule has 0 saturated carbocycles. The van der Waals surface area contributed by atoms with Crippen LogP contribution in [0, 0.1) is 6.92 Å². The Balaban J connectivity index is 2.25. The van der Waals surface area contributed by atoms with Gasteiger partial charge in [-0.05, 0) is 13.3 Å². The normalized spacial score (nSPS) is 10.5. The van der Waals surface area contributed by atoms with Crippen molar-refractivity contribution in [2.75, 3.05) is 12.4 Å². The molecule has 0 fully saturated rings. The Kier molecular flexibility index (Phi) is 3.68. The average molecular weight is 248 g/mol. The fourth-order valence-electron chi connectivity index (χ4n) is 1.59. The van der Waals surface area contributed by atoms with Crippen LogP contribution in [0.2, 0.25) is 0 Å². The van der Waals surface area contributed by atoms with Gasteiger partial charge in [0.15, 0.2) is 0 Å². The molecule has 0 aliphatic rings. The molecule has 5 heteroatoms. The molecule has 0 saturated heterocycles. The van der Waals surface area contributed by atoms with Crippen LogP contribution in [0.1, 0.15) is 29.1 Å². The lowest BCUT2D eigenvalue weighted by Gasteiger charge is -2.05. The number of anilines is 1. The van der Waals surface area contributed by atoms with E-state index >= 15 is 0 Å².